The molecule has 0 amide bonds. The first-order chi connectivity index (χ1) is 9.45. The number of hydrogen-bond donors (Lipinski definition) is 0. The van der Waals surface area contributed by atoms with Crippen molar-refractivity contribution in [1.29, 1.82) is 0 Å². The number of benzene rings is 1. The molecule has 19 heavy (non-hydrogen) atoms. The van der Waals surface area contributed by atoms with E-state index in [0.717, 1.165) is 6.42 Å². The number of rotatable bonds is 0. The highest BCUT2D eigenvalue weighted by Gasteiger charge is 2.10. The molecule has 2 aliphatic carbocycles. The Labute approximate surface area is 114 Å². The SMILES string of the molecule is C1=Cc2ccc3c(c2\C=C/C=C\C=C/C=C\1)C=CC3. The van der Waals surface area contributed by atoms with Gasteiger partial charge >= 0.3 is 0 Å². The van der Waals surface area contributed by atoms with Gasteiger partial charge in [0.2, 0.25) is 0 Å². The lowest BCUT2D eigenvalue weighted by Crippen LogP contribution is -1.90. The third kappa shape index (κ3) is 2.58. The topological polar surface area (TPSA) is 0 Å². The van der Waals surface area contributed by atoms with Gasteiger partial charge < -0.3 is 0 Å². The second-order valence-corrected chi connectivity index (χ2v) is 4.62. The Morgan fingerprint density at radius 2 is 1.26 bits per heavy atom. The van der Waals surface area contributed by atoms with Crippen LogP contribution in [0.15, 0.2) is 66.8 Å². The molecule has 0 aromatic heterocycles. The highest BCUT2D eigenvalue weighted by Crippen LogP contribution is 2.28. The molecule has 0 N–H and O–H groups in total. The fourth-order valence-corrected chi connectivity index (χ4v) is 2.40. The molecule has 0 spiro atoms. The summed E-state index contributed by atoms with van der Waals surface area (Å²) in [6.07, 6.45) is 26.4. The molecular formula is C19H16. The van der Waals surface area contributed by atoms with Crippen LogP contribution in [-0.2, 0) is 6.42 Å². The normalized spacial score (nSPS) is 22.7. The molecule has 0 saturated carbocycles. The average molecular weight is 244 g/mol. The minimum atomic E-state index is 1.05. The summed E-state index contributed by atoms with van der Waals surface area (Å²) >= 11 is 0. The van der Waals surface area contributed by atoms with Crippen molar-refractivity contribution in [2.75, 3.05) is 0 Å². The van der Waals surface area contributed by atoms with E-state index in [0.29, 0.717) is 0 Å². The van der Waals surface area contributed by atoms with Crippen LogP contribution >= 0.6 is 0 Å². The predicted molar refractivity (Wildman–Crippen MR) is 84.7 cm³/mol. The van der Waals surface area contributed by atoms with Crippen LogP contribution < -0.4 is 0 Å². The summed E-state index contributed by atoms with van der Waals surface area (Å²) in [5.74, 6) is 0. The van der Waals surface area contributed by atoms with Crippen LogP contribution in [0.3, 0.4) is 0 Å². The highest BCUT2D eigenvalue weighted by atomic mass is 14.1. The Balaban J connectivity index is 2.12. The third-order valence-corrected chi connectivity index (χ3v) is 3.35. The molecule has 0 unspecified atom stereocenters. The molecule has 0 heteroatoms. The van der Waals surface area contributed by atoms with Crippen molar-refractivity contribution in [3.05, 3.63) is 89.1 Å². The van der Waals surface area contributed by atoms with E-state index >= 15 is 0 Å². The zero-order valence-electron chi connectivity index (χ0n) is 10.8. The molecule has 3 rings (SSSR count). The summed E-state index contributed by atoms with van der Waals surface area (Å²) in [4.78, 5) is 0. The van der Waals surface area contributed by atoms with E-state index in [9.17, 15) is 0 Å². The number of fused-ring (bicyclic) bond motifs is 3. The van der Waals surface area contributed by atoms with Gasteiger partial charge in [-0.2, -0.15) is 0 Å². The van der Waals surface area contributed by atoms with Gasteiger partial charge in [-0.25, -0.2) is 0 Å². The molecule has 0 bridgehead atoms. The van der Waals surface area contributed by atoms with Crippen molar-refractivity contribution in [1.82, 2.24) is 0 Å². The van der Waals surface area contributed by atoms with Gasteiger partial charge in [0, 0.05) is 0 Å². The lowest BCUT2D eigenvalue weighted by molar-refractivity contribution is 1.30. The maximum absolute atomic E-state index is 2.23. The molecule has 0 aliphatic heterocycles. The van der Waals surface area contributed by atoms with E-state index in [2.05, 4.69) is 60.7 Å². The molecule has 0 atom stereocenters. The maximum atomic E-state index is 2.23. The summed E-state index contributed by atoms with van der Waals surface area (Å²) in [5.41, 5.74) is 5.36. The van der Waals surface area contributed by atoms with Crippen molar-refractivity contribution in [2.45, 2.75) is 6.42 Å². The number of hydrogen-bond acceptors (Lipinski definition) is 0. The van der Waals surface area contributed by atoms with Crippen LogP contribution in [0.5, 0.6) is 0 Å². The Bertz CT molecular complexity index is 647. The van der Waals surface area contributed by atoms with Crippen LogP contribution in [0.1, 0.15) is 22.3 Å². The summed E-state index contributed by atoms with van der Waals surface area (Å²) < 4.78 is 0. The van der Waals surface area contributed by atoms with Crippen LogP contribution in [-0.4, -0.2) is 0 Å². The minimum absolute atomic E-state index is 1.05. The van der Waals surface area contributed by atoms with Crippen LogP contribution in [0.25, 0.3) is 18.2 Å². The van der Waals surface area contributed by atoms with E-state index in [1.165, 1.54) is 22.3 Å². The van der Waals surface area contributed by atoms with Gasteiger partial charge in [0.15, 0.2) is 0 Å². The monoisotopic (exact) mass is 244 g/mol. The maximum Gasteiger partial charge on any atom is -0.00879 e. The Morgan fingerprint density at radius 3 is 2.05 bits per heavy atom. The zero-order valence-corrected chi connectivity index (χ0v) is 10.8. The van der Waals surface area contributed by atoms with Gasteiger partial charge in [-0.15, -0.1) is 0 Å². The standard InChI is InChI=1S/C19H16/c1-2-4-6-8-12-18-16(10-7-5-3-1)14-15-17-11-9-13-19(17)18/h1-10,12-15H,11H2/b2-1-,3-1?,4-2?,5-3-,6-4-,7-5?,8-6?,10-7?,12-8-,16-10?,18-12?. The first-order valence-corrected chi connectivity index (χ1v) is 6.62. The van der Waals surface area contributed by atoms with Crippen molar-refractivity contribution in [3.8, 4) is 0 Å². The average Bonchev–Trinajstić information content (AvgIpc) is 2.88. The molecule has 0 saturated heterocycles. The Hall–Kier alpha value is -2.34. The molecule has 0 radical (unpaired) electrons. The molecular weight excluding hydrogens is 228 g/mol. The first kappa shape index (κ1) is 11.7. The van der Waals surface area contributed by atoms with Gasteiger partial charge in [0.25, 0.3) is 0 Å². The second-order valence-electron chi connectivity index (χ2n) is 4.62. The minimum Gasteiger partial charge on any atom is -0.0795 e. The fourth-order valence-electron chi connectivity index (χ4n) is 2.40. The molecule has 1 aromatic rings. The van der Waals surface area contributed by atoms with Crippen LogP contribution in [0.4, 0.5) is 0 Å². The lowest BCUT2D eigenvalue weighted by Gasteiger charge is -2.08. The Morgan fingerprint density at radius 1 is 0.579 bits per heavy atom. The van der Waals surface area contributed by atoms with Gasteiger partial charge in [0.05, 0.1) is 0 Å². The largest absolute Gasteiger partial charge is 0.0795 e. The molecule has 0 fully saturated rings. The fraction of sp³-hybridized carbons (Fsp3) is 0.0526. The molecule has 0 nitrogen and oxygen atoms in total. The summed E-state index contributed by atoms with van der Waals surface area (Å²) in [7, 11) is 0. The van der Waals surface area contributed by atoms with Gasteiger partial charge in [-0.1, -0.05) is 85.0 Å². The lowest BCUT2D eigenvalue weighted by atomic mass is 9.96. The zero-order chi connectivity index (χ0) is 12.9. The van der Waals surface area contributed by atoms with E-state index in [4.69, 9.17) is 0 Å². The van der Waals surface area contributed by atoms with Crippen molar-refractivity contribution < 1.29 is 0 Å². The van der Waals surface area contributed by atoms with Crippen LogP contribution in [0, 0.1) is 0 Å². The first-order valence-electron chi connectivity index (χ1n) is 6.62. The smallest absolute Gasteiger partial charge is 0.00879 e. The number of allylic oxidation sites excluding steroid dienone is 9. The highest BCUT2D eigenvalue weighted by molar-refractivity contribution is 5.78. The third-order valence-electron chi connectivity index (χ3n) is 3.35. The van der Waals surface area contributed by atoms with Gasteiger partial charge in [-0.3, -0.25) is 0 Å². The van der Waals surface area contributed by atoms with Crippen LogP contribution in [0.2, 0.25) is 0 Å². The molecule has 0 heterocycles. The van der Waals surface area contributed by atoms with E-state index in [1.54, 1.807) is 0 Å². The summed E-state index contributed by atoms with van der Waals surface area (Å²) in [5, 5.41) is 0. The van der Waals surface area contributed by atoms with Crippen molar-refractivity contribution in [3.63, 3.8) is 0 Å². The molecule has 1 aromatic carbocycles. The van der Waals surface area contributed by atoms with Crippen molar-refractivity contribution >= 4 is 18.2 Å². The van der Waals surface area contributed by atoms with Crippen molar-refractivity contribution in [2.24, 2.45) is 0 Å². The quantitative estimate of drug-likeness (QED) is 0.604. The van der Waals surface area contributed by atoms with Gasteiger partial charge in [0.1, 0.15) is 0 Å². The second kappa shape index (κ2) is 5.53. The van der Waals surface area contributed by atoms with Gasteiger partial charge in [-0.05, 0) is 28.7 Å². The van der Waals surface area contributed by atoms with E-state index in [1.807, 2.05) is 24.3 Å². The summed E-state index contributed by atoms with van der Waals surface area (Å²) in [6.45, 7) is 0. The molecule has 2 aliphatic rings. The Kier molecular flexibility index (Phi) is 3.42. The van der Waals surface area contributed by atoms with E-state index in [-0.39, 0.29) is 0 Å². The molecule has 92 valence electrons. The predicted octanol–water partition coefficient (Wildman–Crippen LogP) is 4.96. The van der Waals surface area contributed by atoms with E-state index < -0.39 is 0 Å². The summed E-state index contributed by atoms with van der Waals surface area (Å²) in [6, 6.07) is 4.44.